The molecule has 0 atom stereocenters. The van der Waals surface area contributed by atoms with Gasteiger partial charge in [0.2, 0.25) is 0 Å². The summed E-state index contributed by atoms with van der Waals surface area (Å²) < 4.78 is 13.8. The van der Waals surface area contributed by atoms with Gasteiger partial charge >= 0.3 is 0 Å². The molecule has 2 aromatic carbocycles. The molecule has 0 spiro atoms. The summed E-state index contributed by atoms with van der Waals surface area (Å²) in [5.41, 5.74) is 2.88. The van der Waals surface area contributed by atoms with Gasteiger partial charge in [-0.1, -0.05) is 17.7 Å². The van der Waals surface area contributed by atoms with Crippen LogP contribution in [0.5, 0.6) is 0 Å². The van der Waals surface area contributed by atoms with Crippen LogP contribution in [0.3, 0.4) is 0 Å². The second-order valence-corrected chi connectivity index (χ2v) is 7.47. The van der Waals surface area contributed by atoms with Gasteiger partial charge in [0.05, 0.1) is 16.8 Å². The summed E-state index contributed by atoms with van der Waals surface area (Å²) in [4.78, 5) is 20.9. The van der Waals surface area contributed by atoms with Crippen molar-refractivity contribution >= 4 is 34.1 Å². The quantitative estimate of drug-likeness (QED) is 0.638. The van der Waals surface area contributed by atoms with Crippen molar-refractivity contribution in [1.82, 2.24) is 9.88 Å². The lowest BCUT2D eigenvalue weighted by Gasteiger charge is -2.37. The molecule has 0 radical (unpaired) electrons. The molecule has 0 N–H and O–H groups in total. The number of nitriles is 1. The number of piperazine rings is 1. The number of nitrogens with zero attached hydrogens (tertiary/aromatic N) is 4. The number of anilines is 1. The molecule has 0 aliphatic carbocycles. The first-order chi connectivity index (χ1) is 14.0. The Hall–Kier alpha value is -3.17. The lowest BCUT2D eigenvalue weighted by atomic mass is 10.1. The summed E-state index contributed by atoms with van der Waals surface area (Å²) in [6.07, 6.45) is 1.57. The molecular formula is C22H18ClFN4O. The van der Waals surface area contributed by atoms with Crippen LogP contribution in [0, 0.1) is 24.1 Å². The van der Waals surface area contributed by atoms with Crippen LogP contribution < -0.4 is 4.90 Å². The number of carbonyl (C=O) groups is 1. The smallest absolute Gasteiger partial charge is 0.254 e. The number of aromatic nitrogens is 1. The topological polar surface area (TPSA) is 60.2 Å². The van der Waals surface area contributed by atoms with Gasteiger partial charge in [-0.2, -0.15) is 5.26 Å². The Morgan fingerprint density at radius 1 is 1.17 bits per heavy atom. The Morgan fingerprint density at radius 3 is 2.62 bits per heavy atom. The summed E-state index contributed by atoms with van der Waals surface area (Å²) in [7, 11) is 0. The monoisotopic (exact) mass is 408 g/mol. The van der Waals surface area contributed by atoms with Crippen LogP contribution in [0.2, 0.25) is 5.02 Å². The summed E-state index contributed by atoms with van der Waals surface area (Å²) in [5.74, 6) is -0.569. The Kier molecular flexibility index (Phi) is 5.08. The number of fused-ring (bicyclic) bond motifs is 1. The molecule has 5 nitrogen and oxygen atoms in total. The first-order valence-electron chi connectivity index (χ1n) is 9.26. The van der Waals surface area contributed by atoms with Crippen LogP contribution in [-0.2, 0) is 0 Å². The minimum Gasteiger partial charge on any atom is -0.366 e. The van der Waals surface area contributed by atoms with E-state index in [1.54, 1.807) is 36.2 Å². The van der Waals surface area contributed by atoms with Crippen LogP contribution in [0.15, 0.2) is 42.6 Å². The highest BCUT2D eigenvalue weighted by atomic mass is 35.5. The predicted octanol–water partition coefficient (Wildman–Crippen LogP) is 4.17. The lowest BCUT2D eigenvalue weighted by Crippen LogP contribution is -2.49. The Bertz CT molecular complexity index is 1150. The van der Waals surface area contributed by atoms with Crippen molar-refractivity contribution in [2.45, 2.75) is 6.92 Å². The van der Waals surface area contributed by atoms with Gasteiger partial charge in [0.1, 0.15) is 11.9 Å². The summed E-state index contributed by atoms with van der Waals surface area (Å²) in [5, 5.41) is 11.0. The van der Waals surface area contributed by atoms with Crippen LogP contribution in [0.4, 0.5) is 10.1 Å². The van der Waals surface area contributed by atoms with E-state index in [9.17, 15) is 14.4 Å². The second kappa shape index (κ2) is 7.69. The van der Waals surface area contributed by atoms with Gasteiger partial charge in [-0.05, 0) is 42.8 Å². The maximum Gasteiger partial charge on any atom is 0.254 e. The van der Waals surface area contributed by atoms with Crippen LogP contribution in [-0.4, -0.2) is 42.0 Å². The largest absolute Gasteiger partial charge is 0.366 e. The third-order valence-electron chi connectivity index (χ3n) is 5.22. The van der Waals surface area contributed by atoms with Crippen molar-refractivity contribution in [2.24, 2.45) is 0 Å². The molecule has 3 aromatic rings. The molecule has 0 unspecified atom stereocenters. The summed E-state index contributed by atoms with van der Waals surface area (Å²) in [6.45, 7) is 3.73. The number of amides is 1. The first kappa shape index (κ1) is 19.2. The van der Waals surface area contributed by atoms with E-state index in [-0.39, 0.29) is 11.7 Å². The zero-order valence-electron chi connectivity index (χ0n) is 15.8. The number of aryl methyl sites for hydroxylation is 1. The minimum absolute atomic E-state index is 0.188. The molecule has 146 valence electrons. The first-order valence-corrected chi connectivity index (χ1v) is 9.64. The van der Waals surface area contributed by atoms with E-state index in [2.05, 4.69) is 16.0 Å². The number of carbonyl (C=O) groups excluding carboxylic acids is 1. The zero-order valence-corrected chi connectivity index (χ0v) is 16.6. The fourth-order valence-electron chi connectivity index (χ4n) is 3.61. The van der Waals surface area contributed by atoms with Gasteiger partial charge in [-0.25, -0.2) is 4.39 Å². The molecule has 1 aliphatic heterocycles. The predicted molar refractivity (Wildman–Crippen MR) is 111 cm³/mol. The standard InChI is InChI=1S/C22H18ClFN4O/c1-14-2-3-15(10-19(14)24)22(29)28-8-6-27(7-9-28)21-16(12-25)13-26-20-5-4-17(23)11-18(20)21/h2-5,10-11,13H,6-9H2,1H3. The molecule has 1 amide bonds. The Morgan fingerprint density at radius 2 is 1.93 bits per heavy atom. The van der Waals surface area contributed by atoms with Gasteiger partial charge in [-0.15, -0.1) is 0 Å². The molecule has 0 saturated carbocycles. The van der Waals surface area contributed by atoms with Gasteiger partial charge in [-0.3, -0.25) is 9.78 Å². The minimum atomic E-state index is -0.381. The summed E-state index contributed by atoms with van der Waals surface area (Å²) >= 11 is 6.17. The molecule has 0 bridgehead atoms. The molecule has 1 saturated heterocycles. The Balaban J connectivity index is 1.58. The van der Waals surface area contributed by atoms with Gasteiger partial charge in [0.25, 0.3) is 5.91 Å². The number of hydrogen-bond donors (Lipinski definition) is 0. The van der Waals surface area contributed by atoms with Crippen molar-refractivity contribution in [3.8, 4) is 6.07 Å². The maximum atomic E-state index is 13.8. The highest BCUT2D eigenvalue weighted by Gasteiger charge is 2.25. The third-order valence-corrected chi connectivity index (χ3v) is 5.46. The molecule has 4 rings (SSSR count). The van der Waals surface area contributed by atoms with Gasteiger partial charge in [0.15, 0.2) is 0 Å². The van der Waals surface area contributed by atoms with Crippen LogP contribution in [0.25, 0.3) is 10.9 Å². The average Bonchev–Trinajstić information content (AvgIpc) is 2.74. The van der Waals surface area contributed by atoms with Crippen molar-refractivity contribution in [3.63, 3.8) is 0 Å². The number of benzene rings is 2. The molecule has 2 heterocycles. The van der Waals surface area contributed by atoms with E-state index in [1.165, 1.54) is 6.07 Å². The van der Waals surface area contributed by atoms with Crippen molar-refractivity contribution in [1.29, 1.82) is 5.26 Å². The summed E-state index contributed by atoms with van der Waals surface area (Å²) in [6, 6.07) is 12.2. The van der Waals surface area contributed by atoms with E-state index >= 15 is 0 Å². The van der Waals surface area contributed by atoms with E-state index in [0.717, 1.165) is 16.6 Å². The second-order valence-electron chi connectivity index (χ2n) is 7.04. The van der Waals surface area contributed by atoms with E-state index in [0.29, 0.717) is 47.9 Å². The SMILES string of the molecule is Cc1ccc(C(=O)N2CCN(c3c(C#N)cnc4ccc(Cl)cc34)CC2)cc1F. The van der Waals surface area contributed by atoms with Crippen molar-refractivity contribution < 1.29 is 9.18 Å². The highest BCUT2D eigenvalue weighted by molar-refractivity contribution is 6.31. The molecular weight excluding hydrogens is 391 g/mol. The van der Waals surface area contributed by atoms with E-state index in [1.807, 2.05) is 12.1 Å². The fraction of sp³-hybridized carbons (Fsp3) is 0.227. The van der Waals surface area contributed by atoms with Crippen LogP contribution >= 0.6 is 11.6 Å². The highest BCUT2D eigenvalue weighted by Crippen LogP contribution is 2.32. The van der Waals surface area contributed by atoms with Gasteiger partial charge in [0, 0.05) is 48.3 Å². The maximum absolute atomic E-state index is 13.8. The van der Waals surface area contributed by atoms with E-state index < -0.39 is 0 Å². The number of halogens is 2. The molecule has 7 heteroatoms. The van der Waals surface area contributed by atoms with Crippen LogP contribution in [0.1, 0.15) is 21.5 Å². The molecule has 1 aliphatic rings. The van der Waals surface area contributed by atoms with Crippen molar-refractivity contribution in [3.05, 3.63) is 70.1 Å². The lowest BCUT2D eigenvalue weighted by molar-refractivity contribution is 0.0746. The number of pyridine rings is 1. The molecule has 1 fully saturated rings. The fourth-order valence-corrected chi connectivity index (χ4v) is 3.79. The zero-order chi connectivity index (χ0) is 20.5. The molecule has 1 aromatic heterocycles. The average molecular weight is 409 g/mol. The normalized spacial score (nSPS) is 14.1. The van der Waals surface area contributed by atoms with Gasteiger partial charge < -0.3 is 9.80 Å². The number of hydrogen-bond acceptors (Lipinski definition) is 4. The van der Waals surface area contributed by atoms with Crippen molar-refractivity contribution in [2.75, 3.05) is 31.1 Å². The third kappa shape index (κ3) is 3.62. The molecule has 29 heavy (non-hydrogen) atoms. The Labute approximate surface area is 172 Å². The number of rotatable bonds is 2. The van der Waals surface area contributed by atoms with E-state index in [4.69, 9.17) is 11.6 Å².